The summed E-state index contributed by atoms with van der Waals surface area (Å²) < 4.78 is 0. The molecule has 0 aliphatic carbocycles. The van der Waals surface area contributed by atoms with Crippen LogP contribution in [0, 0.1) is 0 Å². The molecule has 0 radical (unpaired) electrons. The van der Waals surface area contributed by atoms with E-state index in [0.717, 1.165) is 23.5 Å². The molecule has 0 unspecified atom stereocenters. The second kappa shape index (κ2) is 5.06. The van der Waals surface area contributed by atoms with Gasteiger partial charge in [0.15, 0.2) is 0 Å². The van der Waals surface area contributed by atoms with Crippen LogP contribution in [0.25, 0.3) is 16.8 Å². The second-order valence-electron chi connectivity index (χ2n) is 3.82. The smallest absolute Gasteiger partial charge is 0.125 e. The number of rotatable bonds is 2. The predicted molar refractivity (Wildman–Crippen MR) is 72.4 cm³/mol. The van der Waals surface area contributed by atoms with Crippen molar-refractivity contribution in [2.45, 2.75) is 0 Å². The number of phenols is 1. The molecule has 5 heteroatoms. The van der Waals surface area contributed by atoms with Crippen LogP contribution < -0.4 is 5.32 Å². The van der Waals surface area contributed by atoms with Crippen LogP contribution in [0.1, 0.15) is 5.69 Å². The maximum absolute atomic E-state index is 9.86. The third-order valence-electron chi connectivity index (χ3n) is 2.73. The predicted octanol–water partition coefficient (Wildman–Crippen LogP) is 2.22. The third-order valence-corrected chi connectivity index (χ3v) is 2.73. The summed E-state index contributed by atoms with van der Waals surface area (Å²) in [6, 6.07) is 7.16. The van der Waals surface area contributed by atoms with Crippen LogP contribution in [0.3, 0.4) is 0 Å². The Balaban J connectivity index is 0.00000120. The summed E-state index contributed by atoms with van der Waals surface area (Å²) in [5.41, 5.74) is 3.37. The Kier molecular flexibility index (Phi) is 3.48. The molecule has 4 nitrogen and oxygen atoms in total. The van der Waals surface area contributed by atoms with Crippen LogP contribution in [0.2, 0.25) is 0 Å². The molecule has 18 heavy (non-hydrogen) atoms. The van der Waals surface area contributed by atoms with Gasteiger partial charge in [-0.3, -0.25) is 9.97 Å². The van der Waals surface area contributed by atoms with Gasteiger partial charge in [0.25, 0.3) is 0 Å². The third kappa shape index (κ3) is 2.02. The van der Waals surface area contributed by atoms with Gasteiger partial charge < -0.3 is 10.4 Å². The summed E-state index contributed by atoms with van der Waals surface area (Å²) in [5.74, 6) is 0.224. The van der Waals surface area contributed by atoms with Crippen LogP contribution in [-0.4, -0.2) is 21.6 Å². The highest BCUT2D eigenvalue weighted by molar-refractivity contribution is 5.85. The van der Waals surface area contributed by atoms with Crippen molar-refractivity contribution in [2.24, 2.45) is 0 Å². The molecular formula is C13H12ClN3O. The van der Waals surface area contributed by atoms with Crippen molar-refractivity contribution in [3.63, 3.8) is 0 Å². The van der Waals surface area contributed by atoms with Gasteiger partial charge in [0.05, 0.1) is 11.4 Å². The van der Waals surface area contributed by atoms with E-state index in [1.54, 1.807) is 24.5 Å². The molecule has 0 fully saturated rings. The number of nitrogens with one attached hydrogen (secondary N) is 1. The quantitative estimate of drug-likeness (QED) is 0.870. The summed E-state index contributed by atoms with van der Waals surface area (Å²) in [4.78, 5) is 8.66. The van der Waals surface area contributed by atoms with Gasteiger partial charge in [-0.05, 0) is 12.1 Å². The van der Waals surface area contributed by atoms with Crippen LogP contribution in [0.15, 0.2) is 42.9 Å². The molecule has 0 atom stereocenters. The molecule has 0 bridgehead atoms. The highest BCUT2D eigenvalue weighted by Gasteiger charge is 2.17. The van der Waals surface area contributed by atoms with Crippen molar-refractivity contribution >= 4 is 18.0 Å². The van der Waals surface area contributed by atoms with Crippen LogP contribution in [0.4, 0.5) is 0 Å². The lowest BCUT2D eigenvalue weighted by atomic mass is 10.0. The van der Waals surface area contributed by atoms with Crippen molar-refractivity contribution in [1.82, 2.24) is 15.3 Å². The number of phenolic OH excluding ortho intramolecular Hbond substituents is 1. The van der Waals surface area contributed by atoms with E-state index < -0.39 is 0 Å². The fourth-order valence-electron chi connectivity index (χ4n) is 1.80. The van der Waals surface area contributed by atoms with Crippen LogP contribution in [-0.2, 0) is 0 Å². The normalized spacial score (nSPS) is 12.8. The Morgan fingerprint density at radius 3 is 2.33 bits per heavy atom. The average molecular weight is 262 g/mol. The molecule has 1 aromatic carbocycles. The summed E-state index contributed by atoms with van der Waals surface area (Å²) in [6.45, 7) is 0.791. The number of halogens is 1. The molecule has 2 heterocycles. The molecule has 92 valence electrons. The van der Waals surface area contributed by atoms with Crippen molar-refractivity contribution in [3.05, 3.63) is 48.6 Å². The number of hydrogen-bond acceptors (Lipinski definition) is 4. The minimum atomic E-state index is 0. The first-order chi connectivity index (χ1) is 8.36. The van der Waals surface area contributed by atoms with Gasteiger partial charge in [0.2, 0.25) is 0 Å². The van der Waals surface area contributed by atoms with E-state index in [2.05, 4.69) is 15.3 Å². The molecule has 0 saturated heterocycles. The number of aromatic hydroxyl groups is 1. The van der Waals surface area contributed by atoms with Gasteiger partial charge in [0.1, 0.15) is 5.75 Å². The van der Waals surface area contributed by atoms with Gasteiger partial charge in [-0.1, -0.05) is 12.1 Å². The van der Waals surface area contributed by atoms with Crippen LogP contribution >= 0.6 is 12.4 Å². The lowest BCUT2D eigenvalue weighted by Gasteiger charge is -2.18. The highest BCUT2D eigenvalue weighted by atomic mass is 35.5. The average Bonchev–Trinajstić information content (AvgIpc) is 2.29. The molecule has 2 N–H and O–H groups in total. The van der Waals surface area contributed by atoms with E-state index in [1.807, 2.05) is 18.3 Å². The zero-order valence-corrected chi connectivity index (χ0v) is 10.3. The van der Waals surface area contributed by atoms with Crippen molar-refractivity contribution < 1.29 is 5.11 Å². The van der Waals surface area contributed by atoms with Gasteiger partial charge in [-0.25, -0.2) is 0 Å². The summed E-state index contributed by atoms with van der Waals surface area (Å²) in [5, 5.41) is 12.9. The molecule has 0 saturated carbocycles. The first-order valence-electron chi connectivity index (χ1n) is 5.38. The Labute approximate surface area is 111 Å². The van der Waals surface area contributed by atoms with Gasteiger partial charge in [-0.15, -0.1) is 12.4 Å². The van der Waals surface area contributed by atoms with Gasteiger partial charge in [-0.2, -0.15) is 0 Å². The summed E-state index contributed by atoms with van der Waals surface area (Å²) in [6.07, 6.45) is 5.21. The van der Waals surface area contributed by atoms with E-state index in [0.29, 0.717) is 5.56 Å². The molecular weight excluding hydrogens is 250 g/mol. The zero-order chi connectivity index (χ0) is 11.7. The fraction of sp³-hybridized carbons (Fsp3) is 0.0769. The maximum atomic E-state index is 9.86. The Bertz CT molecular complexity index is 598. The van der Waals surface area contributed by atoms with Gasteiger partial charge in [0, 0.05) is 36.3 Å². The van der Waals surface area contributed by atoms with Crippen molar-refractivity contribution in [3.8, 4) is 17.0 Å². The standard InChI is InChI=1S/C13H11N3O.ClH/c17-11-4-2-1-3-10(11)13-12(9-7-14-8-9)15-5-6-16-13;/h1-7,14,17H,8H2;1H. The first-order valence-corrected chi connectivity index (χ1v) is 5.38. The number of nitrogens with zero attached hydrogens (tertiary/aromatic N) is 2. The van der Waals surface area contributed by atoms with E-state index in [1.165, 1.54) is 0 Å². The minimum Gasteiger partial charge on any atom is -0.507 e. The number of hydrogen-bond donors (Lipinski definition) is 2. The monoisotopic (exact) mass is 261 g/mol. The SMILES string of the molecule is Cl.Oc1ccccc1-c1nccnc1C1=CNC1. The molecule has 2 aromatic rings. The molecule has 1 aliphatic rings. The fourth-order valence-corrected chi connectivity index (χ4v) is 1.80. The van der Waals surface area contributed by atoms with Crippen molar-refractivity contribution in [2.75, 3.05) is 6.54 Å². The van der Waals surface area contributed by atoms with E-state index in [9.17, 15) is 5.11 Å². The first kappa shape index (κ1) is 12.4. The maximum Gasteiger partial charge on any atom is 0.125 e. The largest absolute Gasteiger partial charge is 0.507 e. The van der Waals surface area contributed by atoms with Crippen molar-refractivity contribution in [1.29, 1.82) is 0 Å². The Hall–Kier alpha value is -2.07. The van der Waals surface area contributed by atoms with E-state index in [4.69, 9.17) is 0 Å². The molecule has 0 spiro atoms. The summed E-state index contributed by atoms with van der Waals surface area (Å²) in [7, 11) is 0. The molecule has 1 aromatic heterocycles. The van der Waals surface area contributed by atoms with Crippen LogP contribution in [0.5, 0.6) is 5.75 Å². The zero-order valence-electron chi connectivity index (χ0n) is 9.50. The van der Waals surface area contributed by atoms with Gasteiger partial charge >= 0.3 is 0 Å². The molecule has 1 aliphatic heterocycles. The molecule has 0 amide bonds. The summed E-state index contributed by atoms with van der Waals surface area (Å²) >= 11 is 0. The Morgan fingerprint density at radius 2 is 1.72 bits per heavy atom. The van der Waals surface area contributed by atoms with E-state index >= 15 is 0 Å². The lowest BCUT2D eigenvalue weighted by Crippen LogP contribution is -2.21. The number of aromatic nitrogens is 2. The second-order valence-corrected chi connectivity index (χ2v) is 3.82. The molecule has 3 rings (SSSR count). The topological polar surface area (TPSA) is 58.0 Å². The highest BCUT2D eigenvalue weighted by Crippen LogP contribution is 2.32. The van der Waals surface area contributed by atoms with E-state index in [-0.39, 0.29) is 18.2 Å². The number of para-hydroxylation sites is 1. The lowest BCUT2D eigenvalue weighted by molar-refractivity contribution is 0.477. The number of benzene rings is 1. The Morgan fingerprint density at radius 1 is 1.06 bits per heavy atom. The minimum absolute atomic E-state index is 0.